The molecule has 0 spiro atoms. The Morgan fingerprint density at radius 3 is 2.53 bits per heavy atom. The Balaban J connectivity index is 1.87. The van der Waals surface area contributed by atoms with E-state index in [9.17, 15) is 45.4 Å². The molecule has 15 heteroatoms. The number of nitrogens with one attached hydrogen (secondary N) is 1. The van der Waals surface area contributed by atoms with E-state index in [1.54, 1.807) is 10.2 Å². The van der Waals surface area contributed by atoms with Crippen LogP contribution in [0.2, 0.25) is 0 Å². The first kappa shape index (κ1) is 27.3. The molecule has 0 aliphatic carbocycles. The normalized spacial score (nSPS) is 17.2. The summed E-state index contributed by atoms with van der Waals surface area (Å²) in [6.45, 7) is 1.60. The van der Waals surface area contributed by atoms with Gasteiger partial charge >= 0.3 is 12.1 Å². The van der Waals surface area contributed by atoms with Crippen LogP contribution in [0.15, 0.2) is 35.4 Å². The van der Waals surface area contributed by atoms with Gasteiger partial charge in [-0.3, -0.25) is 14.2 Å². The molecule has 1 amide bonds. The second-order valence-electron chi connectivity index (χ2n) is 8.69. The zero-order chi connectivity index (χ0) is 28.0. The second kappa shape index (κ2) is 9.85. The number of aliphatic hydroxyl groups is 1. The van der Waals surface area contributed by atoms with Crippen molar-refractivity contribution in [3.05, 3.63) is 58.0 Å². The Hall–Kier alpha value is -3.75. The molecule has 3 aromatic heterocycles. The van der Waals surface area contributed by atoms with Crippen LogP contribution < -0.4 is 15.6 Å². The van der Waals surface area contributed by atoms with E-state index in [4.69, 9.17) is 0 Å². The first-order valence-electron chi connectivity index (χ1n) is 11.3. The minimum Gasteiger partial charge on any atom is -0.391 e. The Bertz CT molecular complexity index is 1440. The van der Waals surface area contributed by atoms with Crippen LogP contribution in [0, 0.1) is 11.6 Å². The molecule has 3 aromatic rings. The van der Waals surface area contributed by atoms with Crippen molar-refractivity contribution in [1.29, 1.82) is 0 Å². The smallest absolute Gasteiger partial charge is 0.391 e. The quantitative estimate of drug-likeness (QED) is 0.460. The standard InChI is InChI=1S/C23H20F7N5O3/c1-2-16(22(26,27)23(28,29)30)32-21(38)14-10-35(20-15(25)7-11(24)8-31-20)19-13(18(14)37)3-4-17(33-19)34-6-5-12(36)9-34/h3-4,7-8,10,12,16,36H,2,5-6,9H2,1H3,(H,32,38). The number of amides is 1. The molecular weight excluding hydrogens is 527 g/mol. The summed E-state index contributed by atoms with van der Waals surface area (Å²) in [7, 11) is 0. The number of hydrogen-bond acceptors (Lipinski definition) is 6. The van der Waals surface area contributed by atoms with Crippen molar-refractivity contribution >= 4 is 22.8 Å². The van der Waals surface area contributed by atoms with Crippen LogP contribution in [0.4, 0.5) is 36.6 Å². The molecule has 8 nitrogen and oxygen atoms in total. The van der Waals surface area contributed by atoms with Crippen molar-refractivity contribution in [2.75, 3.05) is 18.0 Å². The number of hydrogen-bond donors (Lipinski definition) is 2. The number of pyridine rings is 3. The summed E-state index contributed by atoms with van der Waals surface area (Å²) in [5, 5.41) is 11.1. The van der Waals surface area contributed by atoms with E-state index in [1.807, 2.05) is 0 Å². The highest BCUT2D eigenvalue weighted by molar-refractivity contribution is 5.97. The number of fused-ring (bicyclic) bond motifs is 1. The highest BCUT2D eigenvalue weighted by Crippen LogP contribution is 2.39. The van der Waals surface area contributed by atoms with Gasteiger partial charge < -0.3 is 15.3 Å². The fraction of sp³-hybridized carbons (Fsp3) is 0.391. The fourth-order valence-electron chi connectivity index (χ4n) is 4.11. The monoisotopic (exact) mass is 547 g/mol. The average Bonchev–Trinajstić information content (AvgIpc) is 3.28. The maximum Gasteiger partial charge on any atom is 0.455 e. The molecule has 38 heavy (non-hydrogen) atoms. The van der Waals surface area contributed by atoms with Gasteiger partial charge in [0.25, 0.3) is 5.91 Å². The Morgan fingerprint density at radius 2 is 1.95 bits per heavy atom. The van der Waals surface area contributed by atoms with Gasteiger partial charge in [0.15, 0.2) is 17.3 Å². The van der Waals surface area contributed by atoms with Crippen molar-refractivity contribution in [1.82, 2.24) is 19.9 Å². The van der Waals surface area contributed by atoms with Gasteiger partial charge in [0, 0.05) is 25.4 Å². The molecule has 2 atom stereocenters. The zero-order valence-electron chi connectivity index (χ0n) is 19.6. The van der Waals surface area contributed by atoms with Crippen molar-refractivity contribution in [2.24, 2.45) is 0 Å². The molecule has 2 N–H and O–H groups in total. The first-order chi connectivity index (χ1) is 17.7. The van der Waals surface area contributed by atoms with E-state index in [1.165, 1.54) is 12.1 Å². The largest absolute Gasteiger partial charge is 0.455 e. The fourth-order valence-corrected chi connectivity index (χ4v) is 4.11. The highest BCUT2D eigenvalue weighted by Gasteiger charge is 2.62. The number of anilines is 1. The summed E-state index contributed by atoms with van der Waals surface area (Å²) < 4.78 is 95.5. The summed E-state index contributed by atoms with van der Waals surface area (Å²) in [5.74, 6) is -9.53. The molecule has 4 heterocycles. The Kier molecular flexibility index (Phi) is 7.07. The summed E-state index contributed by atoms with van der Waals surface area (Å²) >= 11 is 0. The lowest BCUT2D eigenvalue weighted by atomic mass is 10.1. The first-order valence-corrected chi connectivity index (χ1v) is 11.3. The molecule has 1 fully saturated rings. The van der Waals surface area contributed by atoms with Crippen LogP contribution in [-0.2, 0) is 0 Å². The number of carbonyl (C=O) groups excluding carboxylic acids is 1. The molecule has 204 valence electrons. The number of halogens is 7. The zero-order valence-corrected chi connectivity index (χ0v) is 19.6. The van der Waals surface area contributed by atoms with Crippen LogP contribution in [0.1, 0.15) is 30.1 Å². The Morgan fingerprint density at radius 1 is 1.24 bits per heavy atom. The SMILES string of the molecule is CCC(NC(=O)c1cn(-c2ncc(F)cc2F)c2nc(N3CCC(O)C3)ccc2c1=O)C(F)(F)C(F)(F)F. The minimum atomic E-state index is -5.98. The molecular formula is C23H20F7N5O3. The van der Waals surface area contributed by atoms with Crippen molar-refractivity contribution in [2.45, 2.75) is 44.0 Å². The van der Waals surface area contributed by atoms with Gasteiger partial charge in [0.2, 0.25) is 5.43 Å². The van der Waals surface area contributed by atoms with Gasteiger partial charge in [-0.25, -0.2) is 18.7 Å². The lowest BCUT2D eigenvalue weighted by molar-refractivity contribution is -0.292. The van der Waals surface area contributed by atoms with Crippen LogP contribution in [0.5, 0.6) is 0 Å². The van der Waals surface area contributed by atoms with Crippen LogP contribution in [-0.4, -0.2) is 62.9 Å². The molecule has 4 rings (SSSR count). The van der Waals surface area contributed by atoms with E-state index < -0.39 is 65.0 Å². The third-order valence-corrected chi connectivity index (χ3v) is 6.11. The van der Waals surface area contributed by atoms with Gasteiger partial charge in [-0.2, -0.15) is 22.0 Å². The van der Waals surface area contributed by atoms with Crippen molar-refractivity contribution < 1.29 is 40.6 Å². The van der Waals surface area contributed by atoms with E-state index in [0.29, 0.717) is 31.4 Å². The molecule has 0 aromatic carbocycles. The topological polar surface area (TPSA) is 100 Å². The molecule has 2 unspecified atom stereocenters. The summed E-state index contributed by atoms with van der Waals surface area (Å²) in [4.78, 5) is 35.6. The number of nitrogens with zero attached hydrogens (tertiary/aromatic N) is 4. The van der Waals surface area contributed by atoms with Gasteiger partial charge in [-0.1, -0.05) is 6.92 Å². The summed E-state index contributed by atoms with van der Waals surface area (Å²) in [6, 6.07) is 0.334. The average molecular weight is 547 g/mol. The lowest BCUT2D eigenvalue weighted by Crippen LogP contribution is -2.55. The van der Waals surface area contributed by atoms with E-state index in [2.05, 4.69) is 9.97 Å². The Labute approximate surface area is 209 Å². The molecule has 1 aliphatic heterocycles. The number of aliphatic hydroxyl groups excluding tert-OH is 1. The van der Waals surface area contributed by atoms with Gasteiger partial charge in [0.1, 0.15) is 23.2 Å². The van der Waals surface area contributed by atoms with Crippen molar-refractivity contribution in [3.63, 3.8) is 0 Å². The molecule has 0 bridgehead atoms. The van der Waals surface area contributed by atoms with Gasteiger partial charge in [-0.05, 0) is 25.0 Å². The molecule has 1 saturated heterocycles. The number of aromatic nitrogens is 3. The van der Waals surface area contributed by atoms with Crippen molar-refractivity contribution in [3.8, 4) is 5.82 Å². The van der Waals surface area contributed by atoms with Crippen LogP contribution >= 0.6 is 0 Å². The second-order valence-corrected chi connectivity index (χ2v) is 8.69. The molecule has 1 aliphatic rings. The number of carbonyl (C=O) groups is 1. The summed E-state index contributed by atoms with van der Waals surface area (Å²) in [5.41, 5.74) is -2.23. The van der Waals surface area contributed by atoms with E-state index in [0.717, 1.165) is 11.5 Å². The predicted octanol–water partition coefficient (Wildman–Crippen LogP) is 3.34. The minimum absolute atomic E-state index is 0.207. The maximum atomic E-state index is 14.7. The lowest BCUT2D eigenvalue weighted by Gasteiger charge is -2.28. The highest BCUT2D eigenvalue weighted by atomic mass is 19.4. The number of rotatable bonds is 6. The van der Waals surface area contributed by atoms with Crippen LogP contribution in [0.3, 0.4) is 0 Å². The van der Waals surface area contributed by atoms with Crippen LogP contribution in [0.25, 0.3) is 16.9 Å². The number of alkyl halides is 5. The van der Waals surface area contributed by atoms with Gasteiger partial charge in [-0.15, -0.1) is 0 Å². The maximum absolute atomic E-state index is 14.7. The van der Waals surface area contributed by atoms with E-state index >= 15 is 0 Å². The predicted molar refractivity (Wildman–Crippen MR) is 120 cm³/mol. The van der Waals surface area contributed by atoms with E-state index in [-0.39, 0.29) is 23.4 Å². The molecule has 0 saturated carbocycles. The third kappa shape index (κ3) is 4.89. The molecule has 0 radical (unpaired) electrons. The third-order valence-electron chi connectivity index (χ3n) is 6.11. The number of β-amino-alcohol motifs (C(OH)–C–C–N with tert-alkyl or cyclic N) is 1. The van der Waals surface area contributed by atoms with Gasteiger partial charge in [0.05, 0.1) is 17.7 Å². The summed E-state index contributed by atoms with van der Waals surface area (Å²) in [6.07, 6.45) is -5.69.